The average molecular weight is 1020 g/mol. The smallest absolute Gasteiger partial charge is 0.308 e. The molecule has 19 heteroatoms. The van der Waals surface area contributed by atoms with Crippen LogP contribution in [0.2, 0.25) is 0 Å². The van der Waals surface area contributed by atoms with Crippen LogP contribution < -0.4 is 30.7 Å². The van der Waals surface area contributed by atoms with Gasteiger partial charge in [-0.2, -0.15) is 0 Å². The zero-order valence-corrected chi connectivity index (χ0v) is 43.2. The van der Waals surface area contributed by atoms with Gasteiger partial charge in [-0.3, -0.25) is 28.8 Å². The summed E-state index contributed by atoms with van der Waals surface area (Å²) in [6.07, 6.45) is 7.57. The normalized spacial score (nSPS) is 17.6. The van der Waals surface area contributed by atoms with E-state index >= 15 is 0 Å². The van der Waals surface area contributed by atoms with Crippen LogP contribution >= 0.6 is 0 Å². The van der Waals surface area contributed by atoms with E-state index in [1.165, 1.54) is 6.92 Å². The maximum absolute atomic E-state index is 14.5. The highest BCUT2D eigenvalue weighted by molar-refractivity contribution is 7.84. The van der Waals surface area contributed by atoms with Crippen molar-refractivity contribution in [2.24, 2.45) is 11.8 Å². The number of ketones is 1. The van der Waals surface area contributed by atoms with E-state index in [2.05, 4.69) is 27.2 Å². The maximum atomic E-state index is 14.5. The van der Waals surface area contributed by atoms with Gasteiger partial charge >= 0.3 is 5.97 Å². The lowest BCUT2D eigenvalue weighted by Crippen LogP contribution is -2.61. The number of hydrogen-bond donors (Lipinski definition) is 4. The van der Waals surface area contributed by atoms with Crippen LogP contribution in [0.15, 0.2) is 78.9 Å². The van der Waals surface area contributed by atoms with Gasteiger partial charge in [0, 0.05) is 31.2 Å². The molecule has 3 aromatic carbocycles. The molecule has 0 unspecified atom stereocenters. The zero-order valence-electron chi connectivity index (χ0n) is 42.4. The molecule has 3 aromatic rings. The van der Waals surface area contributed by atoms with E-state index in [1.54, 1.807) is 25.1 Å². The van der Waals surface area contributed by atoms with E-state index < -0.39 is 63.6 Å². The molecular weight excluding hydrogens is 947 g/mol. The highest BCUT2D eigenvalue weighted by atomic mass is 32.2. The van der Waals surface area contributed by atoms with Crippen molar-refractivity contribution in [2.75, 3.05) is 52.3 Å². The number of esters is 1. The Hall–Kier alpha value is -6.17. The summed E-state index contributed by atoms with van der Waals surface area (Å²) < 4.78 is 49.9. The first-order valence-electron chi connectivity index (χ1n) is 24.2. The van der Waals surface area contributed by atoms with Gasteiger partial charge in [0.15, 0.2) is 12.3 Å². The third kappa shape index (κ3) is 20.5. The molecule has 5 atom stereocenters. The van der Waals surface area contributed by atoms with E-state index in [1.807, 2.05) is 88.4 Å². The number of rotatable bonds is 25. The van der Waals surface area contributed by atoms with E-state index in [4.69, 9.17) is 38.3 Å². The fourth-order valence-corrected chi connectivity index (χ4v) is 8.28. The Morgan fingerprint density at radius 2 is 1.32 bits per heavy atom. The monoisotopic (exact) mass is 1020 g/mol. The summed E-state index contributed by atoms with van der Waals surface area (Å²) in [4.78, 5) is 82.6. The summed E-state index contributed by atoms with van der Waals surface area (Å²) in [6.45, 7) is 13.2. The number of amides is 4. The van der Waals surface area contributed by atoms with Gasteiger partial charge in [-0.05, 0) is 67.7 Å². The summed E-state index contributed by atoms with van der Waals surface area (Å²) in [5.74, 6) is 0.482. The largest absolute Gasteiger partial charge is 0.748 e. The number of nitrogens with one attached hydrogen (secondary N) is 4. The number of terminal acetylenes is 1. The van der Waals surface area contributed by atoms with Crippen LogP contribution in [-0.2, 0) is 67.7 Å². The van der Waals surface area contributed by atoms with Crippen LogP contribution in [0.4, 0.5) is 0 Å². The number of nitrogens with zero attached hydrogens (tertiary/aromatic N) is 1. The van der Waals surface area contributed by atoms with Gasteiger partial charge in [0.25, 0.3) is 5.91 Å². The van der Waals surface area contributed by atoms with Crippen LogP contribution in [0.5, 0.6) is 11.5 Å². The molecule has 4 N–H and O–H groups in total. The molecule has 392 valence electrons. The highest BCUT2D eigenvalue weighted by Gasteiger charge is 2.50. The van der Waals surface area contributed by atoms with Gasteiger partial charge in [0.2, 0.25) is 17.7 Å². The van der Waals surface area contributed by atoms with E-state index in [9.17, 15) is 28.8 Å². The van der Waals surface area contributed by atoms with Crippen molar-refractivity contribution in [2.45, 2.75) is 110 Å². The molecule has 0 aromatic heterocycles. The predicted octanol–water partition coefficient (Wildman–Crippen LogP) is 3.40. The summed E-state index contributed by atoms with van der Waals surface area (Å²) in [5, 5.41) is 11.8. The van der Waals surface area contributed by atoms with Crippen molar-refractivity contribution in [3.63, 3.8) is 0 Å². The number of morpholine rings is 1. The standard InChI is InChI=1S/C52H67N5O10.CH4O3S/c1-8-25-65-46-31-41(67-37(6)58)21-20-40(46)32-57(23-26-64-27-24-57)33-47(59)53-42(22-19-38-15-11-9-12-16-38)49(61)55-44(29-36(4)5)50(62)56-45(30-39-17-13-10-14-18-39)51(63)54-43(28-35(2)3)48(60)52(7)34-66-52;1-5(2,3)4/h1,9-18,20-21,31,35-36,42-45H,19,22-30,32-34H2,2-7H3,(H3-,53,54,55,56,59,61,62,63);1H3,(H,2,3,4)/t42-,43-,44-,45-,52+;/m0./s1. The number of ether oxygens (including phenoxy) is 4. The van der Waals surface area contributed by atoms with Crippen molar-refractivity contribution in [1.29, 1.82) is 0 Å². The summed E-state index contributed by atoms with van der Waals surface area (Å²) in [7, 11) is -3.92. The topological polar surface area (TPSA) is 248 Å². The summed E-state index contributed by atoms with van der Waals surface area (Å²) in [6, 6.07) is 19.9. The van der Waals surface area contributed by atoms with Crippen molar-refractivity contribution >= 4 is 45.5 Å². The third-order valence-corrected chi connectivity index (χ3v) is 11.9. The lowest BCUT2D eigenvalue weighted by molar-refractivity contribution is -0.940. The Balaban J connectivity index is 0.00000214. The second-order valence-electron chi connectivity index (χ2n) is 19.4. The zero-order chi connectivity index (χ0) is 53.1. The molecule has 2 aliphatic rings. The van der Waals surface area contributed by atoms with Gasteiger partial charge in [0.1, 0.15) is 61.5 Å². The van der Waals surface area contributed by atoms with Gasteiger partial charge in [0.05, 0.1) is 36.0 Å². The molecular formula is C53H71N5O13S. The van der Waals surface area contributed by atoms with Gasteiger partial charge in [-0.15, -0.1) is 6.42 Å². The van der Waals surface area contributed by atoms with Crippen molar-refractivity contribution in [1.82, 2.24) is 21.3 Å². The Morgan fingerprint density at radius 1 is 0.792 bits per heavy atom. The lowest BCUT2D eigenvalue weighted by Gasteiger charge is -2.41. The fraction of sp³-hybridized carbons (Fsp3) is 0.509. The van der Waals surface area contributed by atoms with E-state index in [0.717, 1.165) is 16.7 Å². The first-order chi connectivity index (χ1) is 34.0. The third-order valence-electron chi connectivity index (χ3n) is 11.9. The SMILES string of the molecule is C#CCOc1cc(OC(C)=O)ccc1C[N+]1(CC(=O)N[C@@H](CCc2ccccc2)C(=O)N[C@@H](CC(C)C)C(=O)N[C@@H](Cc2ccccc2)C(=O)N[C@@H](CC(C)C)C(=O)[C@@]2(C)CO2)CCOCC1.CS(=O)(=O)[O-]. The number of aryl methyl sites for hydroxylation is 1. The molecule has 5 rings (SSSR count). The van der Waals surface area contributed by atoms with Crippen molar-refractivity contribution < 1.29 is 65.2 Å². The molecule has 18 nitrogen and oxygen atoms in total. The van der Waals surface area contributed by atoms with Crippen LogP contribution in [0.3, 0.4) is 0 Å². The first-order valence-corrected chi connectivity index (χ1v) is 26.0. The summed E-state index contributed by atoms with van der Waals surface area (Å²) in [5.41, 5.74) is 1.53. The van der Waals surface area contributed by atoms with Crippen LogP contribution in [-0.4, -0.2) is 135 Å². The fourth-order valence-electron chi connectivity index (χ4n) is 8.28. The Morgan fingerprint density at radius 3 is 1.88 bits per heavy atom. The summed E-state index contributed by atoms with van der Waals surface area (Å²) >= 11 is 0. The second kappa shape index (κ2) is 27.6. The van der Waals surface area contributed by atoms with Gasteiger partial charge in [-0.1, -0.05) is 94.3 Å². The molecule has 0 bridgehead atoms. The minimum atomic E-state index is -3.92. The predicted molar refractivity (Wildman–Crippen MR) is 268 cm³/mol. The molecule has 2 saturated heterocycles. The second-order valence-corrected chi connectivity index (χ2v) is 20.8. The maximum Gasteiger partial charge on any atom is 0.308 e. The number of benzene rings is 3. The van der Waals surface area contributed by atoms with E-state index in [-0.39, 0.29) is 67.0 Å². The van der Waals surface area contributed by atoms with Crippen molar-refractivity contribution in [3.8, 4) is 23.8 Å². The van der Waals surface area contributed by atoms with E-state index in [0.29, 0.717) is 63.4 Å². The molecule has 0 radical (unpaired) electrons. The van der Waals surface area contributed by atoms with Crippen LogP contribution in [0.25, 0.3) is 0 Å². The number of quaternary nitrogens is 1. The molecule has 4 amide bonds. The number of carbonyl (C=O) groups is 6. The quantitative estimate of drug-likeness (QED) is 0.0238. The van der Waals surface area contributed by atoms with Crippen molar-refractivity contribution in [3.05, 3.63) is 95.6 Å². The number of hydrogen-bond acceptors (Lipinski definition) is 13. The Labute approximate surface area is 424 Å². The molecule has 0 spiro atoms. The van der Waals surface area contributed by atoms with Gasteiger partial charge < -0.3 is 49.3 Å². The lowest BCUT2D eigenvalue weighted by atomic mass is 9.93. The molecule has 2 heterocycles. The van der Waals surface area contributed by atoms with Gasteiger partial charge in [-0.25, -0.2) is 8.42 Å². The molecule has 72 heavy (non-hydrogen) atoms. The Kier molecular flexibility index (Phi) is 22.4. The Bertz CT molecular complexity index is 2440. The number of carbonyl (C=O) groups excluding carboxylic acids is 6. The average Bonchev–Trinajstić information content (AvgIpc) is 4.07. The molecule has 0 saturated carbocycles. The molecule has 0 aliphatic carbocycles. The first kappa shape index (κ1) is 58.4. The minimum Gasteiger partial charge on any atom is -0.748 e. The van der Waals surface area contributed by atoms with Crippen LogP contribution in [0, 0.1) is 24.2 Å². The molecule has 2 aliphatic heterocycles. The number of Topliss-reactive ketones (excluding diaryl/α,β-unsaturated/α-hetero) is 1. The highest BCUT2D eigenvalue weighted by Crippen LogP contribution is 2.31. The molecule has 2 fully saturated rings. The minimum absolute atomic E-state index is 0.00345. The van der Waals surface area contributed by atoms with Crippen LogP contribution in [0.1, 0.15) is 77.5 Å². The number of epoxide rings is 1.